The first-order chi connectivity index (χ1) is 12.0. The lowest BCUT2D eigenvalue weighted by Gasteiger charge is -2.18. The van der Waals surface area contributed by atoms with Crippen molar-refractivity contribution in [2.24, 2.45) is 0 Å². The van der Waals surface area contributed by atoms with Crippen molar-refractivity contribution in [3.63, 3.8) is 0 Å². The Hall–Kier alpha value is -2.08. The van der Waals surface area contributed by atoms with E-state index in [1.165, 1.54) is 0 Å². The Labute approximate surface area is 151 Å². The van der Waals surface area contributed by atoms with E-state index in [1.54, 1.807) is 12.3 Å². The highest BCUT2D eigenvalue weighted by molar-refractivity contribution is 7.92. The van der Waals surface area contributed by atoms with Crippen LogP contribution in [-0.4, -0.2) is 32.7 Å². The molecule has 1 heterocycles. The van der Waals surface area contributed by atoms with Crippen LogP contribution in [0.1, 0.15) is 31.7 Å². The second-order valence-corrected chi connectivity index (χ2v) is 8.03. The van der Waals surface area contributed by atoms with Gasteiger partial charge in [0.25, 0.3) is 0 Å². The molecule has 0 unspecified atom stereocenters. The Morgan fingerprint density at radius 3 is 2.48 bits per heavy atom. The minimum Gasteiger partial charge on any atom is -0.360 e. The smallest absolute Gasteiger partial charge is 0.232 e. The zero-order valence-corrected chi connectivity index (χ0v) is 15.8. The fraction of sp³-hybridized carbons (Fsp3) is 0.421. The molecular formula is C19H27N3O2S. The zero-order chi connectivity index (χ0) is 18.1. The highest BCUT2D eigenvalue weighted by Crippen LogP contribution is 2.15. The van der Waals surface area contributed by atoms with E-state index in [9.17, 15) is 8.42 Å². The lowest BCUT2D eigenvalue weighted by atomic mass is 10.1. The molecule has 5 nitrogen and oxygen atoms in total. The van der Waals surface area contributed by atoms with Crippen LogP contribution >= 0.6 is 0 Å². The lowest BCUT2D eigenvalue weighted by Crippen LogP contribution is -2.20. The highest BCUT2D eigenvalue weighted by Gasteiger charge is 2.11. The fourth-order valence-electron chi connectivity index (χ4n) is 2.52. The summed E-state index contributed by atoms with van der Waals surface area (Å²) in [6.45, 7) is 3.09. The highest BCUT2D eigenvalue weighted by atomic mass is 32.2. The third-order valence-electron chi connectivity index (χ3n) is 3.98. The number of pyridine rings is 1. The number of unbranched alkanes of at least 4 members (excludes halogenated alkanes) is 1. The van der Waals surface area contributed by atoms with E-state index in [4.69, 9.17) is 0 Å². The van der Waals surface area contributed by atoms with Crippen LogP contribution in [-0.2, 0) is 16.4 Å². The fourth-order valence-corrected chi connectivity index (χ4v) is 3.63. The molecule has 2 aromatic rings. The van der Waals surface area contributed by atoms with Crippen LogP contribution < -0.4 is 9.62 Å². The van der Waals surface area contributed by atoms with Gasteiger partial charge in [-0.05, 0) is 37.0 Å². The minimum atomic E-state index is -3.36. The predicted octanol–water partition coefficient (Wildman–Crippen LogP) is 3.69. The number of benzene rings is 1. The summed E-state index contributed by atoms with van der Waals surface area (Å²) in [5, 5.41) is 0. The van der Waals surface area contributed by atoms with E-state index in [-0.39, 0.29) is 5.75 Å². The van der Waals surface area contributed by atoms with E-state index in [0.717, 1.165) is 37.2 Å². The molecule has 0 fully saturated rings. The van der Waals surface area contributed by atoms with Gasteiger partial charge in [0.2, 0.25) is 10.0 Å². The summed E-state index contributed by atoms with van der Waals surface area (Å²) in [6, 6.07) is 13.5. The summed E-state index contributed by atoms with van der Waals surface area (Å²) in [4.78, 5) is 6.41. The number of nitrogens with one attached hydrogen (secondary N) is 1. The molecule has 0 aliphatic rings. The van der Waals surface area contributed by atoms with Gasteiger partial charge in [-0.1, -0.05) is 43.7 Å². The van der Waals surface area contributed by atoms with Crippen LogP contribution in [0.3, 0.4) is 0 Å². The van der Waals surface area contributed by atoms with Crippen molar-refractivity contribution in [1.82, 2.24) is 4.98 Å². The molecule has 0 spiro atoms. The van der Waals surface area contributed by atoms with Gasteiger partial charge in [0.1, 0.15) is 5.82 Å². The minimum absolute atomic E-state index is 0.0973. The molecule has 1 N–H and O–H groups in total. The molecule has 0 amide bonds. The molecule has 6 heteroatoms. The van der Waals surface area contributed by atoms with Gasteiger partial charge in [-0.25, -0.2) is 13.4 Å². The van der Waals surface area contributed by atoms with Crippen molar-refractivity contribution in [1.29, 1.82) is 0 Å². The number of aryl methyl sites for hydroxylation is 1. The van der Waals surface area contributed by atoms with Crippen molar-refractivity contribution in [2.45, 2.75) is 32.6 Å². The van der Waals surface area contributed by atoms with Gasteiger partial charge in [-0.2, -0.15) is 0 Å². The second kappa shape index (κ2) is 9.42. The number of hydrogen-bond acceptors (Lipinski definition) is 4. The molecule has 25 heavy (non-hydrogen) atoms. The van der Waals surface area contributed by atoms with E-state index >= 15 is 0 Å². The summed E-state index contributed by atoms with van der Waals surface area (Å²) in [6.07, 6.45) is 5.15. The molecule has 2 rings (SSSR count). The Balaban J connectivity index is 1.85. The number of sulfonamides is 1. The number of anilines is 2. The SMILES string of the molecule is CCCCN(C)c1ccc(NS(=O)(=O)CCCc2ccccc2)cn1. The summed E-state index contributed by atoms with van der Waals surface area (Å²) >= 11 is 0. The van der Waals surface area contributed by atoms with E-state index < -0.39 is 10.0 Å². The van der Waals surface area contributed by atoms with Gasteiger partial charge in [-0.15, -0.1) is 0 Å². The average Bonchev–Trinajstić information content (AvgIpc) is 2.60. The molecule has 0 aliphatic carbocycles. The number of aromatic nitrogens is 1. The maximum Gasteiger partial charge on any atom is 0.232 e. The van der Waals surface area contributed by atoms with Gasteiger partial charge in [0.05, 0.1) is 17.6 Å². The molecule has 136 valence electrons. The van der Waals surface area contributed by atoms with Gasteiger partial charge in [-0.3, -0.25) is 4.72 Å². The Bertz CT molecular complexity index is 731. The quantitative estimate of drug-likeness (QED) is 0.701. The summed E-state index contributed by atoms with van der Waals surface area (Å²) < 4.78 is 27.0. The van der Waals surface area contributed by atoms with Gasteiger partial charge < -0.3 is 4.90 Å². The molecule has 0 saturated carbocycles. The summed E-state index contributed by atoms with van der Waals surface area (Å²) in [5.74, 6) is 0.945. The van der Waals surface area contributed by atoms with Gasteiger partial charge in [0, 0.05) is 13.6 Å². The Morgan fingerprint density at radius 2 is 1.84 bits per heavy atom. The summed E-state index contributed by atoms with van der Waals surface area (Å²) in [7, 11) is -1.36. The molecule has 1 aromatic heterocycles. The van der Waals surface area contributed by atoms with Crippen LogP contribution in [0.4, 0.5) is 11.5 Å². The molecule has 1 aromatic carbocycles. The molecule has 0 saturated heterocycles. The van der Waals surface area contributed by atoms with Crippen LogP contribution in [0.15, 0.2) is 48.7 Å². The largest absolute Gasteiger partial charge is 0.360 e. The van der Waals surface area contributed by atoms with Crippen molar-refractivity contribution < 1.29 is 8.42 Å². The number of rotatable bonds is 10. The molecule has 0 bridgehead atoms. The Morgan fingerprint density at radius 1 is 1.08 bits per heavy atom. The van der Waals surface area contributed by atoms with Crippen LogP contribution in [0.5, 0.6) is 0 Å². The summed E-state index contributed by atoms with van der Waals surface area (Å²) in [5.41, 5.74) is 1.66. The van der Waals surface area contributed by atoms with Gasteiger partial charge in [0.15, 0.2) is 0 Å². The second-order valence-electron chi connectivity index (χ2n) is 6.19. The third kappa shape index (κ3) is 6.74. The maximum absolute atomic E-state index is 12.2. The maximum atomic E-state index is 12.2. The molecule has 0 radical (unpaired) electrons. The Kier molecular flexibility index (Phi) is 7.25. The molecular weight excluding hydrogens is 334 g/mol. The predicted molar refractivity (Wildman–Crippen MR) is 105 cm³/mol. The number of nitrogens with zero attached hydrogens (tertiary/aromatic N) is 2. The monoisotopic (exact) mass is 361 g/mol. The van der Waals surface area contributed by atoms with Crippen molar-refractivity contribution in [2.75, 3.05) is 29.0 Å². The van der Waals surface area contributed by atoms with Crippen LogP contribution in [0.25, 0.3) is 0 Å². The molecule has 0 aliphatic heterocycles. The third-order valence-corrected chi connectivity index (χ3v) is 5.35. The van der Waals surface area contributed by atoms with E-state index in [1.807, 2.05) is 43.4 Å². The van der Waals surface area contributed by atoms with E-state index in [0.29, 0.717) is 12.1 Å². The lowest BCUT2D eigenvalue weighted by molar-refractivity contribution is 0.598. The normalized spacial score (nSPS) is 11.3. The first-order valence-electron chi connectivity index (χ1n) is 8.72. The van der Waals surface area contributed by atoms with Crippen molar-refractivity contribution in [3.8, 4) is 0 Å². The number of hydrogen-bond donors (Lipinski definition) is 1. The van der Waals surface area contributed by atoms with Crippen LogP contribution in [0.2, 0.25) is 0 Å². The first kappa shape index (κ1) is 19.2. The first-order valence-corrected chi connectivity index (χ1v) is 10.4. The average molecular weight is 362 g/mol. The molecule has 0 atom stereocenters. The van der Waals surface area contributed by atoms with Crippen molar-refractivity contribution >= 4 is 21.5 Å². The van der Waals surface area contributed by atoms with Crippen LogP contribution in [0, 0.1) is 0 Å². The van der Waals surface area contributed by atoms with Crippen molar-refractivity contribution in [3.05, 3.63) is 54.2 Å². The zero-order valence-electron chi connectivity index (χ0n) is 15.0. The van der Waals surface area contributed by atoms with E-state index in [2.05, 4.69) is 21.5 Å². The van der Waals surface area contributed by atoms with Gasteiger partial charge >= 0.3 is 0 Å². The standard InChI is InChI=1S/C19H27N3O2S/c1-3-4-14-22(2)19-13-12-18(16-20-19)21-25(23,24)15-8-11-17-9-6-5-7-10-17/h5-7,9-10,12-13,16,21H,3-4,8,11,14-15H2,1-2H3. The topological polar surface area (TPSA) is 62.3 Å².